The molecule has 3 rings (SSSR count). The fraction of sp³-hybridized carbons (Fsp3) is 0.333. The Bertz CT molecular complexity index is 965. The lowest BCUT2D eigenvalue weighted by atomic mass is 9.76. The number of carbonyl (C=O) groups excluding carboxylic acids is 2. The SMILES string of the molecule is [N-]=[N+]=NC1CC(O)(CO)C(O)C(OC(=O)c2ccccc2)C1OC(=O)c1ccccc1. The third kappa shape index (κ3) is 4.84. The third-order valence-electron chi connectivity index (χ3n) is 5.11. The average molecular weight is 427 g/mol. The van der Waals surface area contributed by atoms with Crippen LogP contribution in [-0.4, -0.2) is 63.8 Å². The van der Waals surface area contributed by atoms with Crippen LogP contribution in [-0.2, 0) is 9.47 Å². The highest BCUT2D eigenvalue weighted by molar-refractivity contribution is 5.90. The van der Waals surface area contributed by atoms with Gasteiger partial charge in [-0.1, -0.05) is 41.5 Å². The normalized spacial score (nSPS) is 27.6. The highest BCUT2D eigenvalue weighted by atomic mass is 16.6. The maximum Gasteiger partial charge on any atom is 0.338 e. The standard InChI is InChI=1S/C21H21N3O7/c22-24-23-15-11-21(29,12-25)18(26)17(31-20(28)14-9-5-2-6-10-14)16(15)30-19(27)13-7-3-1-4-8-13/h1-10,15-18,25-26,29H,11-12H2. The molecule has 3 N–H and O–H groups in total. The predicted molar refractivity (Wildman–Crippen MR) is 107 cm³/mol. The zero-order valence-corrected chi connectivity index (χ0v) is 16.3. The summed E-state index contributed by atoms with van der Waals surface area (Å²) in [7, 11) is 0. The van der Waals surface area contributed by atoms with Gasteiger partial charge in [0.15, 0.2) is 12.2 Å². The molecule has 31 heavy (non-hydrogen) atoms. The lowest BCUT2D eigenvalue weighted by Crippen LogP contribution is -2.65. The van der Waals surface area contributed by atoms with E-state index in [2.05, 4.69) is 10.0 Å². The smallest absolute Gasteiger partial charge is 0.338 e. The number of carbonyl (C=O) groups is 2. The Morgan fingerprint density at radius 1 is 1.00 bits per heavy atom. The van der Waals surface area contributed by atoms with Crippen molar-refractivity contribution in [1.29, 1.82) is 0 Å². The van der Waals surface area contributed by atoms with Crippen molar-refractivity contribution in [2.45, 2.75) is 36.4 Å². The Morgan fingerprint density at radius 3 is 1.94 bits per heavy atom. The minimum absolute atomic E-state index is 0.154. The zero-order chi connectivity index (χ0) is 22.4. The monoisotopic (exact) mass is 427 g/mol. The van der Waals surface area contributed by atoms with Gasteiger partial charge in [0, 0.05) is 4.91 Å². The van der Waals surface area contributed by atoms with E-state index in [9.17, 15) is 24.9 Å². The van der Waals surface area contributed by atoms with Crippen LogP contribution >= 0.6 is 0 Å². The van der Waals surface area contributed by atoms with E-state index in [1.54, 1.807) is 36.4 Å². The number of aliphatic hydroxyl groups excluding tert-OH is 2. The first-order chi connectivity index (χ1) is 14.9. The fourth-order valence-corrected chi connectivity index (χ4v) is 3.44. The van der Waals surface area contributed by atoms with Crippen molar-refractivity contribution in [1.82, 2.24) is 0 Å². The van der Waals surface area contributed by atoms with Gasteiger partial charge in [-0.3, -0.25) is 0 Å². The molecule has 0 heterocycles. The summed E-state index contributed by atoms with van der Waals surface area (Å²) in [5, 5.41) is 34.5. The molecule has 162 valence electrons. The number of azide groups is 1. The van der Waals surface area contributed by atoms with Crippen molar-refractivity contribution in [3.63, 3.8) is 0 Å². The van der Waals surface area contributed by atoms with Crippen LogP contribution < -0.4 is 0 Å². The second-order valence-electron chi connectivity index (χ2n) is 7.15. The van der Waals surface area contributed by atoms with E-state index in [1.165, 1.54) is 24.3 Å². The second-order valence-corrected chi connectivity index (χ2v) is 7.15. The molecule has 0 spiro atoms. The van der Waals surface area contributed by atoms with Crippen molar-refractivity contribution in [2.24, 2.45) is 5.11 Å². The van der Waals surface area contributed by atoms with Gasteiger partial charge in [0.25, 0.3) is 0 Å². The first-order valence-corrected chi connectivity index (χ1v) is 9.47. The van der Waals surface area contributed by atoms with Crippen LogP contribution in [0, 0.1) is 0 Å². The Hall–Kier alpha value is -3.43. The predicted octanol–water partition coefficient (Wildman–Crippen LogP) is 1.60. The molecule has 0 aliphatic heterocycles. The Labute approximate surface area is 177 Å². The maximum absolute atomic E-state index is 12.6. The maximum atomic E-state index is 12.6. The van der Waals surface area contributed by atoms with Crippen molar-refractivity contribution in [3.8, 4) is 0 Å². The number of hydrogen-bond acceptors (Lipinski definition) is 8. The minimum atomic E-state index is -2.14. The molecule has 1 fully saturated rings. The molecule has 5 atom stereocenters. The average Bonchev–Trinajstić information content (AvgIpc) is 2.80. The molecule has 0 aromatic heterocycles. The van der Waals surface area contributed by atoms with Gasteiger partial charge in [-0.2, -0.15) is 0 Å². The van der Waals surface area contributed by atoms with Crippen LogP contribution in [0.15, 0.2) is 65.8 Å². The molecule has 0 amide bonds. The Kier molecular flexibility index (Phi) is 6.88. The molecular formula is C21H21N3O7. The zero-order valence-electron chi connectivity index (χ0n) is 16.3. The number of benzene rings is 2. The molecule has 2 aromatic rings. The molecule has 5 unspecified atom stereocenters. The first kappa shape index (κ1) is 22.3. The summed E-state index contributed by atoms with van der Waals surface area (Å²) < 4.78 is 10.9. The summed E-state index contributed by atoms with van der Waals surface area (Å²) in [5.74, 6) is -1.65. The van der Waals surface area contributed by atoms with Crippen molar-refractivity contribution in [3.05, 3.63) is 82.2 Å². The highest BCUT2D eigenvalue weighted by Crippen LogP contribution is 2.35. The minimum Gasteiger partial charge on any atom is -0.454 e. The van der Waals surface area contributed by atoms with E-state index >= 15 is 0 Å². The van der Waals surface area contributed by atoms with E-state index in [0.29, 0.717) is 0 Å². The van der Waals surface area contributed by atoms with Crippen LogP contribution in [0.1, 0.15) is 27.1 Å². The number of hydrogen-bond donors (Lipinski definition) is 3. The van der Waals surface area contributed by atoms with Crippen LogP contribution in [0.3, 0.4) is 0 Å². The Morgan fingerprint density at radius 2 is 1.48 bits per heavy atom. The first-order valence-electron chi connectivity index (χ1n) is 9.47. The molecule has 0 radical (unpaired) electrons. The summed E-state index contributed by atoms with van der Waals surface area (Å²) >= 11 is 0. The number of aliphatic hydroxyl groups is 3. The number of esters is 2. The molecule has 0 saturated heterocycles. The van der Waals surface area contributed by atoms with Crippen LogP contribution in [0.25, 0.3) is 10.4 Å². The fourth-order valence-electron chi connectivity index (χ4n) is 3.44. The van der Waals surface area contributed by atoms with E-state index < -0.39 is 54.9 Å². The van der Waals surface area contributed by atoms with Crippen molar-refractivity contribution < 1.29 is 34.4 Å². The van der Waals surface area contributed by atoms with Crippen molar-refractivity contribution >= 4 is 11.9 Å². The highest BCUT2D eigenvalue weighted by Gasteiger charge is 2.55. The largest absolute Gasteiger partial charge is 0.454 e. The second kappa shape index (κ2) is 9.59. The van der Waals surface area contributed by atoms with Crippen LogP contribution in [0.2, 0.25) is 0 Å². The van der Waals surface area contributed by atoms with Gasteiger partial charge in [-0.05, 0) is 36.2 Å². The molecule has 1 aliphatic carbocycles. The quantitative estimate of drug-likeness (QED) is 0.273. The molecule has 0 bridgehead atoms. The summed E-state index contributed by atoms with van der Waals surface area (Å²) in [6.45, 7) is -0.898. The lowest BCUT2D eigenvalue weighted by Gasteiger charge is -2.46. The van der Waals surface area contributed by atoms with E-state index in [0.717, 1.165) is 0 Å². The van der Waals surface area contributed by atoms with Gasteiger partial charge in [0.05, 0.1) is 23.8 Å². The van der Waals surface area contributed by atoms with Crippen molar-refractivity contribution in [2.75, 3.05) is 6.61 Å². The lowest BCUT2D eigenvalue weighted by molar-refractivity contribution is -0.204. The van der Waals surface area contributed by atoms with E-state index in [-0.39, 0.29) is 11.1 Å². The summed E-state index contributed by atoms with van der Waals surface area (Å²) in [5.41, 5.74) is 7.14. The molecule has 10 heteroatoms. The number of rotatable bonds is 6. The third-order valence-corrected chi connectivity index (χ3v) is 5.11. The van der Waals surface area contributed by atoms with Gasteiger partial charge in [-0.25, -0.2) is 9.59 Å². The molecular weight excluding hydrogens is 406 g/mol. The molecule has 2 aromatic carbocycles. The molecule has 1 saturated carbocycles. The van der Waals surface area contributed by atoms with Gasteiger partial charge in [0.1, 0.15) is 11.7 Å². The number of ether oxygens (including phenoxy) is 2. The number of nitrogens with zero attached hydrogens (tertiary/aromatic N) is 3. The summed E-state index contributed by atoms with van der Waals surface area (Å²) in [4.78, 5) is 27.9. The molecule has 10 nitrogen and oxygen atoms in total. The van der Waals surface area contributed by atoms with Gasteiger partial charge >= 0.3 is 11.9 Å². The van der Waals surface area contributed by atoms with Gasteiger partial charge in [0.2, 0.25) is 0 Å². The van der Waals surface area contributed by atoms with E-state index in [4.69, 9.17) is 15.0 Å². The van der Waals surface area contributed by atoms with Crippen LogP contribution in [0.4, 0.5) is 0 Å². The topological polar surface area (TPSA) is 162 Å². The Balaban J connectivity index is 1.95. The summed E-state index contributed by atoms with van der Waals surface area (Å²) in [6.07, 6.45) is -5.25. The van der Waals surface area contributed by atoms with Gasteiger partial charge in [-0.15, -0.1) is 0 Å². The van der Waals surface area contributed by atoms with Gasteiger partial charge < -0.3 is 24.8 Å². The molecule has 1 aliphatic rings. The van der Waals surface area contributed by atoms with Crippen LogP contribution in [0.5, 0.6) is 0 Å². The summed E-state index contributed by atoms with van der Waals surface area (Å²) in [6, 6.07) is 14.6. The van der Waals surface area contributed by atoms with E-state index in [1.807, 2.05) is 0 Å².